The van der Waals surface area contributed by atoms with Crippen molar-refractivity contribution < 1.29 is 0 Å². The van der Waals surface area contributed by atoms with E-state index >= 15 is 0 Å². The molecular weight excluding hydrogens is 158 g/mol. The van der Waals surface area contributed by atoms with E-state index in [1.54, 1.807) is 0 Å². The van der Waals surface area contributed by atoms with Crippen LogP contribution in [0.2, 0.25) is 0 Å². The van der Waals surface area contributed by atoms with E-state index in [9.17, 15) is 0 Å². The van der Waals surface area contributed by atoms with E-state index in [2.05, 4.69) is 6.07 Å². The van der Waals surface area contributed by atoms with Crippen LogP contribution in [0, 0.1) is 34.5 Å². The first kappa shape index (κ1) is 7.85. The van der Waals surface area contributed by atoms with Gasteiger partial charge in [-0.15, -0.1) is 0 Å². The third-order valence-electron chi connectivity index (χ3n) is 4.62. The Labute approximate surface area is 80.1 Å². The molecule has 1 nitrogen and oxygen atoms in total. The molecule has 0 aliphatic heterocycles. The van der Waals surface area contributed by atoms with Crippen LogP contribution in [0.1, 0.15) is 44.9 Å². The smallest absolute Gasteiger partial charge is 0.0627 e. The molecule has 13 heavy (non-hydrogen) atoms. The van der Waals surface area contributed by atoms with Gasteiger partial charge in [0.15, 0.2) is 0 Å². The lowest BCUT2D eigenvalue weighted by Gasteiger charge is -2.56. The van der Waals surface area contributed by atoms with Gasteiger partial charge in [-0.3, -0.25) is 0 Å². The summed E-state index contributed by atoms with van der Waals surface area (Å²) >= 11 is 0. The van der Waals surface area contributed by atoms with Crippen molar-refractivity contribution in [2.24, 2.45) is 23.2 Å². The first-order valence-electron chi connectivity index (χ1n) is 5.67. The van der Waals surface area contributed by atoms with Crippen LogP contribution in [0.5, 0.6) is 0 Å². The van der Waals surface area contributed by atoms with Gasteiger partial charge in [0.2, 0.25) is 0 Å². The van der Waals surface area contributed by atoms with Gasteiger partial charge in [-0.2, -0.15) is 5.26 Å². The van der Waals surface area contributed by atoms with Gasteiger partial charge in [-0.25, -0.2) is 0 Å². The summed E-state index contributed by atoms with van der Waals surface area (Å²) in [5.74, 6) is 3.00. The van der Waals surface area contributed by atoms with Gasteiger partial charge in [-0.05, 0) is 61.7 Å². The van der Waals surface area contributed by atoms with Crippen molar-refractivity contribution in [1.29, 1.82) is 5.26 Å². The molecule has 0 radical (unpaired) electrons. The number of nitriles is 1. The minimum Gasteiger partial charge on any atom is -0.198 e. The fourth-order valence-electron chi connectivity index (χ4n) is 4.67. The molecule has 4 aliphatic rings. The molecule has 0 atom stereocenters. The summed E-state index contributed by atoms with van der Waals surface area (Å²) in [7, 11) is 0. The lowest BCUT2D eigenvalue weighted by molar-refractivity contribution is -0.0496. The van der Waals surface area contributed by atoms with Crippen molar-refractivity contribution in [1.82, 2.24) is 0 Å². The van der Waals surface area contributed by atoms with Gasteiger partial charge in [0.05, 0.1) is 6.07 Å². The zero-order valence-corrected chi connectivity index (χ0v) is 8.13. The van der Waals surface area contributed by atoms with Crippen molar-refractivity contribution in [3.8, 4) is 6.07 Å². The molecule has 4 fully saturated rings. The molecular formula is C12H17N. The quantitative estimate of drug-likeness (QED) is 0.600. The molecule has 0 saturated heterocycles. The molecule has 0 spiro atoms. The maximum Gasteiger partial charge on any atom is 0.0627 e. The van der Waals surface area contributed by atoms with Crippen LogP contribution in [0.4, 0.5) is 0 Å². The number of hydrogen-bond acceptors (Lipinski definition) is 1. The zero-order chi connectivity index (χ0) is 8.89. The molecule has 70 valence electrons. The maximum atomic E-state index is 8.88. The maximum absolute atomic E-state index is 8.88. The van der Waals surface area contributed by atoms with E-state index < -0.39 is 0 Å². The Balaban J connectivity index is 1.88. The lowest BCUT2D eigenvalue weighted by Crippen LogP contribution is -2.45. The van der Waals surface area contributed by atoms with E-state index in [1.807, 2.05) is 0 Å². The molecule has 0 aromatic carbocycles. The fourth-order valence-corrected chi connectivity index (χ4v) is 4.67. The van der Waals surface area contributed by atoms with Crippen molar-refractivity contribution in [3.05, 3.63) is 0 Å². The average Bonchev–Trinajstić information content (AvgIpc) is 2.00. The molecule has 0 amide bonds. The van der Waals surface area contributed by atoms with E-state index in [0.717, 1.165) is 24.2 Å². The Bertz CT molecular complexity index is 226. The normalized spacial score (nSPS) is 52.1. The summed E-state index contributed by atoms with van der Waals surface area (Å²) in [6, 6.07) is 2.42. The Morgan fingerprint density at radius 2 is 1.46 bits per heavy atom. The Morgan fingerprint density at radius 3 is 1.85 bits per heavy atom. The minimum atomic E-state index is 0.490. The van der Waals surface area contributed by atoms with Gasteiger partial charge < -0.3 is 0 Å². The minimum absolute atomic E-state index is 0.490. The van der Waals surface area contributed by atoms with Crippen molar-refractivity contribution in [3.63, 3.8) is 0 Å². The number of rotatable bonds is 1. The Morgan fingerprint density at radius 1 is 1.00 bits per heavy atom. The Kier molecular flexibility index (Phi) is 1.51. The molecule has 4 rings (SSSR count). The lowest BCUT2D eigenvalue weighted by atomic mass is 9.49. The molecule has 0 heterocycles. The van der Waals surface area contributed by atoms with Gasteiger partial charge in [0.1, 0.15) is 0 Å². The van der Waals surface area contributed by atoms with Crippen LogP contribution in [0.15, 0.2) is 0 Å². The van der Waals surface area contributed by atoms with Crippen LogP contribution in [-0.4, -0.2) is 0 Å². The second-order valence-electron chi connectivity index (χ2n) is 5.75. The van der Waals surface area contributed by atoms with Crippen molar-refractivity contribution >= 4 is 0 Å². The first-order valence-corrected chi connectivity index (χ1v) is 5.67. The van der Waals surface area contributed by atoms with E-state index in [1.165, 1.54) is 38.5 Å². The van der Waals surface area contributed by atoms with Gasteiger partial charge in [0, 0.05) is 6.42 Å². The number of hydrogen-bond donors (Lipinski definition) is 0. The standard InChI is InChI=1S/C12H17N/c13-2-1-12-6-9-3-10(7-12)5-11(4-9)8-12/h9-11H,1,3-8H2. The largest absolute Gasteiger partial charge is 0.198 e. The topological polar surface area (TPSA) is 23.8 Å². The van der Waals surface area contributed by atoms with Crippen molar-refractivity contribution in [2.75, 3.05) is 0 Å². The van der Waals surface area contributed by atoms with Crippen LogP contribution >= 0.6 is 0 Å². The SMILES string of the molecule is N#CCC12CC3CC(CC(C3)C1)C2. The highest BCUT2D eigenvalue weighted by molar-refractivity contribution is 5.04. The van der Waals surface area contributed by atoms with E-state index in [4.69, 9.17) is 5.26 Å². The summed E-state index contributed by atoms with van der Waals surface area (Å²) in [5, 5.41) is 8.88. The molecule has 4 aliphatic carbocycles. The highest BCUT2D eigenvalue weighted by Crippen LogP contribution is 2.61. The zero-order valence-electron chi connectivity index (χ0n) is 8.13. The molecule has 0 N–H and O–H groups in total. The molecule has 0 aromatic rings. The molecule has 1 heteroatoms. The van der Waals surface area contributed by atoms with Crippen molar-refractivity contribution in [2.45, 2.75) is 44.9 Å². The van der Waals surface area contributed by atoms with E-state index in [-0.39, 0.29) is 0 Å². The predicted molar refractivity (Wildman–Crippen MR) is 50.8 cm³/mol. The second-order valence-corrected chi connectivity index (χ2v) is 5.75. The molecule has 4 saturated carbocycles. The summed E-state index contributed by atoms with van der Waals surface area (Å²) in [5.41, 5.74) is 0.490. The summed E-state index contributed by atoms with van der Waals surface area (Å²) in [6.45, 7) is 0. The third kappa shape index (κ3) is 1.11. The first-order chi connectivity index (χ1) is 6.30. The Hall–Kier alpha value is -0.510. The van der Waals surface area contributed by atoms with Crippen LogP contribution in [-0.2, 0) is 0 Å². The molecule has 0 unspecified atom stereocenters. The molecule has 4 bridgehead atoms. The average molecular weight is 175 g/mol. The summed E-state index contributed by atoms with van der Waals surface area (Å²) in [6.07, 6.45) is 9.46. The fraction of sp³-hybridized carbons (Fsp3) is 0.917. The highest BCUT2D eigenvalue weighted by Gasteiger charge is 2.50. The summed E-state index contributed by atoms with van der Waals surface area (Å²) in [4.78, 5) is 0. The number of nitrogens with zero attached hydrogens (tertiary/aromatic N) is 1. The summed E-state index contributed by atoms with van der Waals surface area (Å²) < 4.78 is 0. The predicted octanol–water partition coefficient (Wildman–Crippen LogP) is 3.12. The second kappa shape index (κ2) is 2.50. The third-order valence-corrected chi connectivity index (χ3v) is 4.62. The van der Waals surface area contributed by atoms with Gasteiger partial charge >= 0.3 is 0 Å². The van der Waals surface area contributed by atoms with Gasteiger partial charge in [-0.1, -0.05) is 0 Å². The van der Waals surface area contributed by atoms with Crippen LogP contribution in [0.3, 0.4) is 0 Å². The van der Waals surface area contributed by atoms with Gasteiger partial charge in [0.25, 0.3) is 0 Å². The highest BCUT2D eigenvalue weighted by atomic mass is 14.5. The van der Waals surface area contributed by atoms with Crippen LogP contribution < -0.4 is 0 Å². The monoisotopic (exact) mass is 175 g/mol. The van der Waals surface area contributed by atoms with Crippen LogP contribution in [0.25, 0.3) is 0 Å². The van der Waals surface area contributed by atoms with E-state index in [0.29, 0.717) is 5.41 Å². The molecule has 0 aromatic heterocycles.